The second kappa shape index (κ2) is 1.64. The summed E-state index contributed by atoms with van der Waals surface area (Å²) in [4.78, 5) is 2.49. The van der Waals surface area contributed by atoms with Crippen molar-refractivity contribution >= 4 is 11.8 Å². The Hall–Kier alpha value is 0.310. The molecule has 2 heterocycles. The van der Waals surface area contributed by atoms with Gasteiger partial charge in [-0.2, -0.15) is 11.8 Å². The molecule has 2 atom stereocenters. The van der Waals surface area contributed by atoms with Crippen LogP contribution in [0.1, 0.15) is 6.42 Å². The molecule has 0 spiro atoms. The molecule has 46 valence electrons. The highest BCUT2D eigenvalue weighted by atomic mass is 32.2. The van der Waals surface area contributed by atoms with Crippen molar-refractivity contribution in [1.29, 1.82) is 0 Å². The Morgan fingerprint density at radius 3 is 2.75 bits per heavy atom. The molecule has 0 aliphatic carbocycles. The molecule has 0 N–H and O–H groups in total. The van der Waals surface area contributed by atoms with Crippen LogP contribution >= 0.6 is 11.8 Å². The van der Waals surface area contributed by atoms with Gasteiger partial charge in [-0.05, 0) is 13.5 Å². The van der Waals surface area contributed by atoms with Gasteiger partial charge in [0.2, 0.25) is 0 Å². The number of rotatable bonds is 0. The number of thioether (sulfide) groups is 1. The molecule has 0 unspecified atom stereocenters. The van der Waals surface area contributed by atoms with E-state index in [1.807, 2.05) is 0 Å². The van der Waals surface area contributed by atoms with Crippen LogP contribution in [0.5, 0.6) is 0 Å². The van der Waals surface area contributed by atoms with Crippen molar-refractivity contribution in [2.45, 2.75) is 17.7 Å². The van der Waals surface area contributed by atoms with Crippen LogP contribution in [-0.4, -0.2) is 35.5 Å². The van der Waals surface area contributed by atoms with Crippen LogP contribution in [0.25, 0.3) is 0 Å². The summed E-state index contributed by atoms with van der Waals surface area (Å²) in [5, 5.41) is 0.991. The Bertz CT molecular complexity index is 103. The molecule has 2 rings (SSSR count). The molecule has 0 radical (unpaired) electrons. The first-order chi connectivity index (χ1) is 3.86. The molecular formula is C6H11NS. The van der Waals surface area contributed by atoms with Gasteiger partial charge in [-0.25, -0.2) is 0 Å². The predicted molar refractivity (Wildman–Crippen MR) is 37.3 cm³/mol. The molecule has 2 saturated heterocycles. The van der Waals surface area contributed by atoms with Crippen molar-refractivity contribution in [3.8, 4) is 0 Å². The monoisotopic (exact) mass is 129 g/mol. The molecule has 1 nitrogen and oxygen atoms in total. The highest BCUT2D eigenvalue weighted by molar-refractivity contribution is 8.00. The fourth-order valence-corrected chi connectivity index (χ4v) is 3.18. The van der Waals surface area contributed by atoms with E-state index in [9.17, 15) is 0 Å². The third-order valence-electron chi connectivity index (χ3n) is 2.17. The lowest BCUT2D eigenvalue weighted by molar-refractivity contribution is 0.332. The van der Waals surface area contributed by atoms with E-state index >= 15 is 0 Å². The summed E-state index contributed by atoms with van der Waals surface area (Å²) in [6.45, 7) is 1.34. The summed E-state index contributed by atoms with van der Waals surface area (Å²) in [6.07, 6.45) is 1.46. The van der Waals surface area contributed by atoms with Gasteiger partial charge < -0.3 is 4.90 Å². The zero-order valence-corrected chi connectivity index (χ0v) is 5.95. The summed E-state index contributed by atoms with van der Waals surface area (Å²) in [7, 11) is 2.24. The fourth-order valence-electron chi connectivity index (χ4n) is 1.59. The Morgan fingerprint density at radius 2 is 2.50 bits per heavy atom. The molecule has 2 fully saturated rings. The van der Waals surface area contributed by atoms with E-state index in [4.69, 9.17) is 0 Å². The first-order valence-electron chi connectivity index (χ1n) is 3.18. The van der Waals surface area contributed by atoms with Gasteiger partial charge >= 0.3 is 0 Å². The quantitative estimate of drug-likeness (QED) is 0.476. The lowest BCUT2D eigenvalue weighted by Gasteiger charge is -2.20. The van der Waals surface area contributed by atoms with E-state index in [-0.39, 0.29) is 0 Å². The molecule has 0 amide bonds. The maximum absolute atomic E-state index is 2.49. The summed E-state index contributed by atoms with van der Waals surface area (Å²) in [5.74, 6) is 1.39. The number of nitrogens with zero attached hydrogens (tertiary/aromatic N) is 1. The van der Waals surface area contributed by atoms with Gasteiger partial charge in [-0.1, -0.05) is 0 Å². The standard InChI is InChI=1S/C6H11NS/c1-7-3-6-2-5(7)4-8-6/h5-6H,2-4H2,1H3/t5-,6-/m1/s1. The van der Waals surface area contributed by atoms with E-state index in [2.05, 4.69) is 23.7 Å². The number of fused-ring (bicyclic) bond motifs is 2. The van der Waals surface area contributed by atoms with Gasteiger partial charge in [0.25, 0.3) is 0 Å². The van der Waals surface area contributed by atoms with Gasteiger partial charge in [-0.15, -0.1) is 0 Å². The molecule has 2 heteroatoms. The highest BCUT2D eigenvalue weighted by Gasteiger charge is 2.35. The van der Waals surface area contributed by atoms with Crippen molar-refractivity contribution < 1.29 is 0 Å². The van der Waals surface area contributed by atoms with Crippen LogP contribution in [0, 0.1) is 0 Å². The van der Waals surface area contributed by atoms with Crippen molar-refractivity contribution in [2.24, 2.45) is 0 Å². The molecule has 2 aliphatic heterocycles. The molecule has 2 bridgehead atoms. The smallest absolute Gasteiger partial charge is 0.0194 e. The van der Waals surface area contributed by atoms with Gasteiger partial charge in [0, 0.05) is 23.6 Å². The van der Waals surface area contributed by atoms with Crippen LogP contribution < -0.4 is 0 Å². The highest BCUT2D eigenvalue weighted by Crippen LogP contribution is 2.35. The number of likely N-dealkylation sites (tertiary alicyclic amines) is 1. The van der Waals surface area contributed by atoms with Crippen LogP contribution in [0.15, 0.2) is 0 Å². The molecule has 0 aromatic carbocycles. The maximum atomic E-state index is 2.49. The fraction of sp³-hybridized carbons (Fsp3) is 1.00. The van der Waals surface area contributed by atoms with Crippen LogP contribution in [0.4, 0.5) is 0 Å². The number of hydrogen-bond donors (Lipinski definition) is 0. The van der Waals surface area contributed by atoms with Gasteiger partial charge in [-0.3, -0.25) is 0 Å². The zero-order valence-electron chi connectivity index (χ0n) is 5.13. The molecule has 0 aromatic heterocycles. The lowest BCUT2D eigenvalue weighted by atomic mass is 10.2. The second-order valence-corrected chi connectivity index (χ2v) is 4.12. The topological polar surface area (TPSA) is 3.24 Å². The molecular weight excluding hydrogens is 118 g/mol. The Labute approximate surface area is 54.4 Å². The van der Waals surface area contributed by atoms with E-state index < -0.39 is 0 Å². The first kappa shape index (κ1) is 5.12. The summed E-state index contributed by atoms with van der Waals surface area (Å²) in [5.41, 5.74) is 0. The van der Waals surface area contributed by atoms with Crippen molar-refractivity contribution in [1.82, 2.24) is 4.90 Å². The summed E-state index contributed by atoms with van der Waals surface area (Å²) < 4.78 is 0. The minimum atomic E-state index is 0.935. The minimum absolute atomic E-state index is 0.935. The van der Waals surface area contributed by atoms with Gasteiger partial charge in [0.1, 0.15) is 0 Å². The van der Waals surface area contributed by atoms with Gasteiger partial charge in [0.05, 0.1) is 0 Å². The van der Waals surface area contributed by atoms with Crippen LogP contribution in [0.3, 0.4) is 0 Å². The van der Waals surface area contributed by atoms with E-state index in [0.29, 0.717) is 0 Å². The summed E-state index contributed by atoms with van der Waals surface area (Å²) >= 11 is 2.15. The largest absolute Gasteiger partial charge is 0.301 e. The predicted octanol–water partition coefficient (Wildman–Crippen LogP) is 0.806. The van der Waals surface area contributed by atoms with E-state index in [1.165, 1.54) is 18.7 Å². The van der Waals surface area contributed by atoms with E-state index in [0.717, 1.165) is 11.3 Å². The third-order valence-corrected chi connectivity index (χ3v) is 3.56. The van der Waals surface area contributed by atoms with Crippen LogP contribution in [0.2, 0.25) is 0 Å². The van der Waals surface area contributed by atoms with Crippen LogP contribution in [-0.2, 0) is 0 Å². The first-order valence-corrected chi connectivity index (χ1v) is 4.23. The number of hydrogen-bond acceptors (Lipinski definition) is 2. The molecule has 0 saturated carbocycles. The average Bonchev–Trinajstić information content (AvgIpc) is 2.23. The Morgan fingerprint density at radius 1 is 1.62 bits per heavy atom. The van der Waals surface area contributed by atoms with Crippen molar-refractivity contribution in [2.75, 3.05) is 19.3 Å². The molecule has 0 aromatic rings. The SMILES string of the molecule is CN1C[C@H]2C[C@@H]1CS2. The van der Waals surface area contributed by atoms with Crippen molar-refractivity contribution in [3.05, 3.63) is 0 Å². The second-order valence-electron chi connectivity index (χ2n) is 2.78. The Kier molecular flexibility index (Phi) is 1.05. The van der Waals surface area contributed by atoms with E-state index in [1.54, 1.807) is 0 Å². The van der Waals surface area contributed by atoms with Gasteiger partial charge in [0.15, 0.2) is 0 Å². The molecule has 8 heavy (non-hydrogen) atoms. The lowest BCUT2D eigenvalue weighted by Crippen LogP contribution is -2.29. The maximum Gasteiger partial charge on any atom is 0.0194 e. The third kappa shape index (κ3) is 0.594. The Balaban J connectivity index is 2.11. The average molecular weight is 129 g/mol. The molecule has 2 aliphatic rings. The summed E-state index contributed by atoms with van der Waals surface area (Å²) in [6, 6.07) is 0.935. The normalized spacial score (nSPS) is 46.1. The minimum Gasteiger partial charge on any atom is -0.301 e. The zero-order chi connectivity index (χ0) is 5.56. The van der Waals surface area contributed by atoms with Crippen molar-refractivity contribution in [3.63, 3.8) is 0 Å².